The number of sulfone groups is 1. The molecule has 0 atom stereocenters. The van der Waals surface area contributed by atoms with Crippen LogP contribution in [0.5, 0.6) is 0 Å². The van der Waals surface area contributed by atoms with Crippen LogP contribution in [0.15, 0.2) is 35.4 Å². The second-order valence-corrected chi connectivity index (χ2v) is 6.51. The first-order valence-electron chi connectivity index (χ1n) is 6.09. The van der Waals surface area contributed by atoms with Crippen LogP contribution >= 0.6 is 0 Å². The number of nitrogens with one attached hydrogen (secondary N) is 2. The number of nitrogens with zero attached hydrogens (tertiary/aromatic N) is 1. The molecule has 0 saturated carbocycles. The Labute approximate surface area is 117 Å². The summed E-state index contributed by atoms with van der Waals surface area (Å²) in [4.78, 5) is 12.2. The summed E-state index contributed by atoms with van der Waals surface area (Å²) in [7, 11) is -3.39. The average Bonchev–Trinajstić information content (AvgIpc) is 2.85. The standard InChI is InChI=1S/C13H15N3O3S/c1-3-20(18,19)12-7-5-4-6-11(12)15-13(17)10-8-14-16-9(10)2/h4-8H,3H2,1-2H3,(H,14,16)(H,15,17). The van der Waals surface area contributed by atoms with Gasteiger partial charge in [0.25, 0.3) is 5.91 Å². The summed E-state index contributed by atoms with van der Waals surface area (Å²) in [5.41, 5.74) is 1.28. The Kier molecular flexibility index (Phi) is 3.89. The van der Waals surface area contributed by atoms with Crippen molar-refractivity contribution in [2.75, 3.05) is 11.1 Å². The van der Waals surface area contributed by atoms with Crippen molar-refractivity contribution in [3.63, 3.8) is 0 Å². The van der Waals surface area contributed by atoms with Crippen LogP contribution in [0.4, 0.5) is 5.69 Å². The lowest BCUT2D eigenvalue weighted by molar-refractivity contribution is 0.102. The van der Waals surface area contributed by atoms with Crippen LogP contribution in [0.3, 0.4) is 0 Å². The minimum absolute atomic E-state index is 0.0232. The van der Waals surface area contributed by atoms with Crippen molar-refractivity contribution in [3.8, 4) is 0 Å². The first-order chi connectivity index (χ1) is 9.45. The number of para-hydroxylation sites is 1. The summed E-state index contributed by atoms with van der Waals surface area (Å²) >= 11 is 0. The van der Waals surface area contributed by atoms with Gasteiger partial charge in [-0.15, -0.1) is 0 Å². The molecule has 1 aromatic heterocycles. The number of aromatic nitrogens is 2. The molecule has 20 heavy (non-hydrogen) atoms. The van der Waals surface area contributed by atoms with Crippen LogP contribution in [0, 0.1) is 6.92 Å². The first-order valence-corrected chi connectivity index (χ1v) is 7.74. The molecule has 0 fully saturated rings. The number of carbonyl (C=O) groups excluding carboxylic acids is 1. The van der Waals surface area contributed by atoms with Crippen LogP contribution in [0.1, 0.15) is 23.0 Å². The highest BCUT2D eigenvalue weighted by Crippen LogP contribution is 2.22. The summed E-state index contributed by atoms with van der Waals surface area (Å²) in [5.74, 6) is -0.417. The number of hydrogen-bond acceptors (Lipinski definition) is 4. The molecule has 0 spiro atoms. The maximum Gasteiger partial charge on any atom is 0.259 e. The zero-order valence-electron chi connectivity index (χ0n) is 11.2. The lowest BCUT2D eigenvalue weighted by Gasteiger charge is -2.10. The fourth-order valence-electron chi connectivity index (χ4n) is 1.77. The minimum Gasteiger partial charge on any atom is -0.321 e. The molecule has 0 aliphatic carbocycles. The van der Waals surface area contributed by atoms with Crippen LogP contribution in [0.2, 0.25) is 0 Å². The highest BCUT2D eigenvalue weighted by Gasteiger charge is 2.19. The molecule has 6 nitrogen and oxygen atoms in total. The normalized spacial score (nSPS) is 11.3. The molecule has 0 aliphatic rings. The summed E-state index contributed by atoms with van der Waals surface area (Å²) < 4.78 is 24.0. The second-order valence-electron chi connectivity index (χ2n) is 4.26. The number of amides is 1. The molecule has 1 amide bonds. The van der Waals surface area contributed by atoms with Crippen LogP contribution < -0.4 is 5.32 Å². The Bertz CT molecular complexity index is 735. The third-order valence-electron chi connectivity index (χ3n) is 2.92. The minimum atomic E-state index is -3.39. The predicted octanol–water partition coefficient (Wildman–Crippen LogP) is 1.76. The Hall–Kier alpha value is -2.15. The van der Waals surface area contributed by atoms with Gasteiger partial charge < -0.3 is 5.32 Å². The summed E-state index contributed by atoms with van der Waals surface area (Å²) in [6, 6.07) is 6.35. The van der Waals surface area contributed by atoms with E-state index in [9.17, 15) is 13.2 Å². The average molecular weight is 293 g/mol. The fraction of sp³-hybridized carbons (Fsp3) is 0.231. The van der Waals surface area contributed by atoms with E-state index in [1.54, 1.807) is 32.0 Å². The number of aryl methyl sites for hydroxylation is 1. The molecule has 0 unspecified atom stereocenters. The van der Waals surface area contributed by atoms with E-state index in [-0.39, 0.29) is 16.3 Å². The van der Waals surface area contributed by atoms with Gasteiger partial charge in [-0.05, 0) is 19.1 Å². The highest BCUT2D eigenvalue weighted by molar-refractivity contribution is 7.91. The number of H-pyrrole nitrogens is 1. The summed E-state index contributed by atoms with van der Waals surface area (Å²) in [6.07, 6.45) is 1.40. The lowest BCUT2D eigenvalue weighted by Crippen LogP contribution is -2.15. The summed E-state index contributed by atoms with van der Waals surface area (Å²) in [6.45, 7) is 3.28. The van der Waals surface area contributed by atoms with Crippen molar-refractivity contribution < 1.29 is 13.2 Å². The molecule has 2 aromatic rings. The summed E-state index contributed by atoms with van der Waals surface area (Å²) in [5, 5.41) is 9.05. The third kappa shape index (κ3) is 2.72. The predicted molar refractivity (Wildman–Crippen MR) is 75.4 cm³/mol. The zero-order valence-corrected chi connectivity index (χ0v) is 12.0. The van der Waals surface area contributed by atoms with Crippen LogP contribution in [-0.2, 0) is 9.84 Å². The molecule has 0 radical (unpaired) electrons. The van der Waals surface area contributed by atoms with E-state index in [2.05, 4.69) is 15.5 Å². The van der Waals surface area contributed by atoms with Crippen molar-refractivity contribution in [2.45, 2.75) is 18.7 Å². The smallest absolute Gasteiger partial charge is 0.259 e. The van der Waals surface area contributed by atoms with Gasteiger partial charge in [0, 0.05) is 5.69 Å². The molecular formula is C13H15N3O3S. The Balaban J connectivity index is 2.36. The van der Waals surface area contributed by atoms with E-state index in [4.69, 9.17) is 0 Å². The number of benzene rings is 1. The first kappa shape index (κ1) is 14.3. The Morgan fingerprint density at radius 3 is 2.65 bits per heavy atom. The van der Waals surface area contributed by atoms with Crippen molar-refractivity contribution in [1.29, 1.82) is 0 Å². The van der Waals surface area contributed by atoms with E-state index < -0.39 is 15.7 Å². The number of hydrogen-bond donors (Lipinski definition) is 2. The third-order valence-corrected chi connectivity index (χ3v) is 4.71. The zero-order chi connectivity index (χ0) is 14.8. The van der Waals surface area contributed by atoms with Gasteiger partial charge in [0.05, 0.1) is 28.1 Å². The molecule has 106 valence electrons. The van der Waals surface area contributed by atoms with E-state index >= 15 is 0 Å². The quantitative estimate of drug-likeness (QED) is 0.898. The molecule has 0 saturated heterocycles. The molecule has 1 heterocycles. The Morgan fingerprint density at radius 1 is 1.35 bits per heavy atom. The maximum atomic E-state index is 12.1. The van der Waals surface area contributed by atoms with Gasteiger partial charge in [0.2, 0.25) is 0 Å². The van der Waals surface area contributed by atoms with E-state index in [0.29, 0.717) is 11.3 Å². The fourth-order valence-corrected chi connectivity index (χ4v) is 2.82. The molecule has 0 bridgehead atoms. The number of rotatable bonds is 4. The molecule has 1 aromatic carbocycles. The molecule has 7 heteroatoms. The van der Waals surface area contributed by atoms with Crippen molar-refractivity contribution in [2.24, 2.45) is 0 Å². The van der Waals surface area contributed by atoms with Crippen LogP contribution in [-0.4, -0.2) is 30.3 Å². The molecule has 0 aliphatic heterocycles. The molecule has 2 rings (SSSR count). The number of carbonyl (C=O) groups is 1. The Morgan fingerprint density at radius 2 is 2.05 bits per heavy atom. The van der Waals surface area contributed by atoms with Gasteiger partial charge in [0.15, 0.2) is 9.84 Å². The SMILES string of the molecule is CCS(=O)(=O)c1ccccc1NC(=O)c1cn[nH]c1C. The number of anilines is 1. The van der Waals surface area contributed by atoms with Crippen molar-refractivity contribution in [3.05, 3.63) is 41.7 Å². The van der Waals surface area contributed by atoms with E-state index in [1.807, 2.05) is 0 Å². The van der Waals surface area contributed by atoms with Crippen molar-refractivity contribution in [1.82, 2.24) is 10.2 Å². The van der Waals surface area contributed by atoms with Gasteiger partial charge in [-0.2, -0.15) is 5.10 Å². The van der Waals surface area contributed by atoms with Crippen LogP contribution in [0.25, 0.3) is 0 Å². The topological polar surface area (TPSA) is 91.9 Å². The van der Waals surface area contributed by atoms with Gasteiger partial charge in [-0.1, -0.05) is 19.1 Å². The van der Waals surface area contributed by atoms with Gasteiger partial charge in [0.1, 0.15) is 0 Å². The van der Waals surface area contributed by atoms with Gasteiger partial charge in [-0.25, -0.2) is 8.42 Å². The van der Waals surface area contributed by atoms with Gasteiger partial charge >= 0.3 is 0 Å². The maximum absolute atomic E-state index is 12.1. The largest absolute Gasteiger partial charge is 0.321 e. The number of aromatic amines is 1. The monoisotopic (exact) mass is 293 g/mol. The molecular weight excluding hydrogens is 278 g/mol. The highest BCUT2D eigenvalue weighted by atomic mass is 32.2. The molecule has 2 N–H and O–H groups in total. The van der Waals surface area contributed by atoms with E-state index in [1.165, 1.54) is 12.3 Å². The van der Waals surface area contributed by atoms with Gasteiger partial charge in [-0.3, -0.25) is 9.89 Å². The van der Waals surface area contributed by atoms with E-state index in [0.717, 1.165) is 0 Å². The second kappa shape index (κ2) is 5.46. The van der Waals surface area contributed by atoms with Crippen molar-refractivity contribution >= 4 is 21.4 Å². The lowest BCUT2D eigenvalue weighted by atomic mass is 10.2.